The predicted octanol–water partition coefficient (Wildman–Crippen LogP) is 3.46. The number of benzene rings is 1. The second-order valence-electron chi connectivity index (χ2n) is 5.59. The van der Waals surface area contributed by atoms with Gasteiger partial charge in [0, 0.05) is 12.1 Å². The topological polar surface area (TPSA) is 12.0 Å². The van der Waals surface area contributed by atoms with Crippen LogP contribution in [0.3, 0.4) is 0 Å². The second kappa shape index (κ2) is 4.41. The Morgan fingerprint density at radius 1 is 1.18 bits per heavy atom. The summed E-state index contributed by atoms with van der Waals surface area (Å²) in [5.41, 5.74) is 1.30. The van der Waals surface area contributed by atoms with Crippen molar-refractivity contribution in [3.63, 3.8) is 0 Å². The van der Waals surface area contributed by atoms with Crippen molar-refractivity contribution in [2.75, 3.05) is 0 Å². The summed E-state index contributed by atoms with van der Waals surface area (Å²) in [4.78, 5) is 0. The maximum atomic E-state index is 12.8. The molecule has 2 heteroatoms. The van der Waals surface area contributed by atoms with Gasteiger partial charge in [-0.05, 0) is 48.8 Å². The van der Waals surface area contributed by atoms with Gasteiger partial charge in [-0.1, -0.05) is 25.5 Å². The molecule has 2 unspecified atom stereocenters. The van der Waals surface area contributed by atoms with Gasteiger partial charge in [-0.3, -0.25) is 0 Å². The molecule has 2 atom stereocenters. The average Bonchev–Trinajstić information content (AvgIpc) is 3.03. The van der Waals surface area contributed by atoms with Gasteiger partial charge in [0.05, 0.1) is 0 Å². The highest BCUT2D eigenvalue weighted by Gasteiger charge is 2.40. The molecule has 1 aromatic carbocycles. The van der Waals surface area contributed by atoms with Crippen molar-refractivity contribution in [1.29, 1.82) is 0 Å². The van der Waals surface area contributed by atoms with Crippen LogP contribution in [0, 0.1) is 11.7 Å². The van der Waals surface area contributed by atoms with Gasteiger partial charge in [-0.25, -0.2) is 4.39 Å². The van der Waals surface area contributed by atoms with Gasteiger partial charge in [-0.15, -0.1) is 0 Å². The van der Waals surface area contributed by atoms with E-state index in [0.717, 1.165) is 12.0 Å². The van der Waals surface area contributed by atoms with Crippen LogP contribution < -0.4 is 5.32 Å². The molecular weight excluding hydrogens is 213 g/mol. The van der Waals surface area contributed by atoms with Crippen LogP contribution in [-0.4, -0.2) is 12.1 Å². The minimum Gasteiger partial charge on any atom is -0.311 e. The van der Waals surface area contributed by atoms with Crippen LogP contribution in [0.5, 0.6) is 0 Å². The van der Waals surface area contributed by atoms with Crippen LogP contribution in [0.1, 0.15) is 44.1 Å². The van der Waals surface area contributed by atoms with Crippen molar-refractivity contribution < 1.29 is 4.39 Å². The van der Waals surface area contributed by atoms with Crippen LogP contribution in [0.4, 0.5) is 4.39 Å². The summed E-state index contributed by atoms with van der Waals surface area (Å²) in [6.45, 7) is 2.27. The number of nitrogens with one attached hydrogen (secondary N) is 1. The lowest BCUT2D eigenvalue weighted by Crippen LogP contribution is -2.41. The number of hydrogen-bond donors (Lipinski definition) is 1. The molecular formula is C15H20FN. The summed E-state index contributed by atoms with van der Waals surface area (Å²) in [6.07, 6.45) is 5.12. The predicted molar refractivity (Wildman–Crippen MR) is 67.5 cm³/mol. The lowest BCUT2D eigenvalue weighted by molar-refractivity contribution is 0.284. The first-order chi connectivity index (χ1) is 8.26. The van der Waals surface area contributed by atoms with Gasteiger partial charge < -0.3 is 5.32 Å². The zero-order chi connectivity index (χ0) is 11.8. The van der Waals surface area contributed by atoms with Crippen molar-refractivity contribution in [3.05, 3.63) is 35.6 Å². The second-order valence-corrected chi connectivity index (χ2v) is 5.59. The molecule has 2 aliphatic carbocycles. The summed E-state index contributed by atoms with van der Waals surface area (Å²) >= 11 is 0. The molecule has 0 radical (unpaired) electrons. The van der Waals surface area contributed by atoms with E-state index in [4.69, 9.17) is 0 Å². The molecule has 1 N–H and O–H groups in total. The maximum Gasteiger partial charge on any atom is 0.123 e. The maximum absolute atomic E-state index is 12.8. The minimum absolute atomic E-state index is 0.133. The first kappa shape index (κ1) is 11.2. The van der Waals surface area contributed by atoms with Crippen molar-refractivity contribution in [3.8, 4) is 0 Å². The van der Waals surface area contributed by atoms with E-state index in [1.165, 1.54) is 31.2 Å². The summed E-state index contributed by atoms with van der Waals surface area (Å²) in [5.74, 6) is 1.44. The van der Waals surface area contributed by atoms with Crippen molar-refractivity contribution in [2.24, 2.45) is 5.92 Å². The molecule has 0 saturated heterocycles. The average molecular weight is 233 g/mol. The summed E-state index contributed by atoms with van der Waals surface area (Å²) in [7, 11) is 0. The standard InChI is InChI=1S/C15H20FN/c1-2-10-9-15(10)17-14-7-12(8-14)11-3-5-13(16)6-4-11/h3-6,10,12,14-15,17H,2,7-9H2,1H3. The highest BCUT2D eigenvalue weighted by atomic mass is 19.1. The smallest absolute Gasteiger partial charge is 0.123 e. The number of hydrogen-bond acceptors (Lipinski definition) is 1. The van der Waals surface area contributed by atoms with E-state index in [1.54, 1.807) is 12.1 Å². The fraction of sp³-hybridized carbons (Fsp3) is 0.600. The minimum atomic E-state index is -0.133. The Morgan fingerprint density at radius 2 is 1.88 bits per heavy atom. The van der Waals surface area contributed by atoms with Gasteiger partial charge in [-0.2, -0.15) is 0 Å². The lowest BCUT2D eigenvalue weighted by atomic mass is 9.76. The van der Waals surface area contributed by atoms with Crippen LogP contribution >= 0.6 is 0 Å². The highest BCUT2D eigenvalue weighted by Crippen LogP contribution is 2.40. The fourth-order valence-corrected chi connectivity index (χ4v) is 2.97. The van der Waals surface area contributed by atoms with Crippen molar-refractivity contribution in [1.82, 2.24) is 5.32 Å². The molecule has 92 valence electrons. The Bertz CT molecular complexity index is 380. The number of halogens is 1. The zero-order valence-electron chi connectivity index (χ0n) is 10.3. The van der Waals surface area contributed by atoms with Gasteiger partial charge in [0.2, 0.25) is 0 Å². The Hall–Kier alpha value is -0.890. The first-order valence-corrected chi connectivity index (χ1v) is 6.77. The van der Waals surface area contributed by atoms with E-state index in [2.05, 4.69) is 12.2 Å². The highest BCUT2D eigenvalue weighted by molar-refractivity contribution is 5.23. The molecule has 0 aliphatic heterocycles. The van der Waals surface area contributed by atoms with Crippen molar-refractivity contribution in [2.45, 2.75) is 50.6 Å². The van der Waals surface area contributed by atoms with E-state index in [9.17, 15) is 4.39 Å². The van der Waals surface area contributed by atoms with Crippen LogP contribution in [0.2, 0.25) is 0 Å². The summed E-state index contributed by atoms with van der Waals surface area (Å²) in [5, 5.41) is 3.73. The molecule has 17 heavy (non-hydrogen) atoms. The van der Waals surface area contributed by atoms with E-state index in [-0.39, 0.29) is 5.82 Å². The van der Waals surface area contributed by atoms with E-state index in [1.807, 2.05) is 12.1 Å². The third kappa shape index (κ3) is 2.37. The van der Waals surface area contributed by atoms with Crippen molar-refractivity contribution >= 4 is 0 Å². The van der Waals surface area contributed by atoms with Gasteiger partial charge >= 0.3 is 0 Å². The van der Waals surface area contributed by atoms with Crippen LogP contribution in [-0.2, 0) is 0 Å². The third-order valence-electron chi connectivity index (χ3n) is 4.38. The fourth-order valence-electron chi connectivity index (χ4n) is 2.97. The molecule has 3 rings (SSSR count). The monoisotopic (exact) mass is 233 g/mol. The lowest BCUT2D eigenvalue weighted by Gasteiger charge is -2.36. The molecule has 2 aliphatic rings. The Balaban J connectivity index is 1.46. The van der Waals surface area contributed by atoms with E-state index >= 15 is 0 Å². The molecule has 0 bridgehead atoms. The largest absolute Gasteiger partial charge is 0.311 e. The third-order valence-corrected chi connectivity index (χ3v) is 4.38. The molecule has 2 saturated carbocycles. The molecule has 0 amide bonds. The molecule has 0 heterocycles. The Morgan fingerprint density at radius 3 is 2.47 bits per heavy atom. The molecule has 0 aromatic heterocycles. The molecule has 2 fully saturated rings. The van der Waals surface area contributed by atoms with Crippen LogP contribution in [0.15, 0.2) is 24.3 Å². The summed E-state index contributed by atoms with van der Waals surface area (Å²) in [6, 6.07) is 8.50. The zero-order valence-corrected chi connectivity index (χ0v) is 10.3. The normalized spacial score (nSPS) is 35.4. The Labute approximate surface area is 102 Å². The molecule has 1 aromatic rings. The number of rotatable bonds is 4. The summed E-state index contributed by atoms with van der Waals surface area (Å²) < 4.78 is 12.8. The molecule has 1 nitrogen and oxygen atoms in total. The SMILES string of the molecule is CCC1CC1NC1CC(c2ccc(F)cc2)C1. The van der Waals surface area contributed by atoms with Gasteiger partial charge in [0.15, 0.2) is 0 Å². The first-order valence-electron chi connectivity index (χ1n) is 6.77. The van der Waals surface area contributed by atoms with E-state index in [0.29, 0.717) is 12.0 Å². The van der Waals surface area contributed by atoms with Gasteiger partial charge in [0.25, 0.3) is 0 Å². The molecule has 0 spiro atoms. The van der Waals surface area contributed by atoms with Crippen LogP contribution in [0.25, 0.3) is 0 Å². The quantitative estimate of drug-likeness (QED) is 0.839. The van der Waals surface area contributed by atoms with Gasteiger partial charge in [0.1, 0.15) is 5.82 Å². The van der Waals surface area contributed by atoms with E-state index < -0.39 is 0 Å². The Kier molecular flexibility index (Phi) is 2.91.